The highest BCUT2D eigenvalue weighted by Gasteiger charge is 2.38. The van der Waals surface area contributed by atoms with Crippen molar-refractivity contribution in [3.8, 4) is 0 Å². The van der Waals surface area contributed by atoms with Gasteiger partial charge < -0.3 is 25.6 Å². The minimum atomic E-state index is -4.61. The Morgan fingerprint density at radius 2 is 1.61 bits per heavy atom. The molecule has 0 radical (unpaired) electrons. The van der Waals surface area contributed by atoms with E-state index in [0.717, 1.165) is 12.1 Å². The van der Waals surface area contributed by atoms with Crippen LogP contribution in [0.4, 0.5) is 13.2 Å². The zero-order valence-electron chi connectivity index (χ0n) is 16.8. The third-order valence-electron chi connectivity index (χ3n) is 4.09. The Balaban J connectivity index is 3.06. The fourth-order valence-electron chi connectivity index (χ4n) is 2.59. The number of nitrogens with one attached hydrogen (secondary N) is 1. The predicted molar refractivity (Wildman–Crippen MR) is 98.9 cm³/mol. The van der Waals surface area contributed by atoms with Gasteiger partial charge in [-0.2, -0.15) is 13.2 Å². The second-order valence-electron chi connectivity index (χ2n) is 6.28. The van der Waals surface area contributed by atoms with Crippen LogP contribution < -0.4 is 11.1 Å². The Labute approximate surface area is 175 Å². The van der Waals surface area contributed by atoms with Gasteiger partial charge in [-0.05, 0) is 31.5 Å². The van der Waals surface area contributed by atoms with E-state index in [-0.39, 0.29) is 18.8 Å². The van der Waals surface area contributed by atoms with Crippen LogP contribution in [0.3, 0.4) is 0 Å². The van der Waals surface area contributed by atoms with E-state index in [2.05, 4.69) is 5.32 Å². The molecule has 0 spiro atoms. The van der Waals surface area contributed by atoms with Crippen molar-refractivity contribution in [1.29, 1.82) is 0 Å². The van der Waals surface area contributed by atoms with E-state index >= 15 is 0 Å². The molecule has 31 heavy (non-hydrogen) atoms. The number of amides is 2. The number of nitrogens with two attached hydrogens (primary N) is 1. The lowest BCUT2D eigenvalue weighted by Crippen LogP contribution is -2.53. The fourth-order valence-corrected chi connectivity index (χ4v) is 2.59. The summed E-state index contributed by atoms with van der Waals surface area (Å²) in [5.41, 5.74) is 4.06. The van der Waals surface area contributed by atoms with Gasteiger partial charge in [-0.3, -0.25) is 19.2 Å². The first kappa shape index (κ1) is 25.9. The van der Waals surface area contributed by atoms with Crippen LogP contribution in [0.15, 0.2) is 24.3 Å². The number of aliphatic hydroxyl groups excluding tert-OH is 1. The van der Waals surface area contributed by atoms with Gasteiger partial charge in [0.1, 0.15) is 6.04 Å². The molecule has 0 aromatic heterocycles. The number of aliphatic hydroxyl groups is 1. The second kappa shape index (κ2) is 11.3. The lowest BCUT2D eigenvalue weighted by Gasteiger charge is -2.24. The summed E-state index contributed by atoms with van der Waals surface area (Å²) < 4.78 is 47.5. The molecule has 0 bridgehead atoms. The van der Waals surface area contributed by atoms with Crippen molar-refractivity contribution in [2.75, 3.05) is 13.2 Å². The summed E-state index contributed by atoms with van der Waals surface area (Å²) in [5.74, 6) is -5.83. The largest absolute Gasteiger partial charge is 0.466 e. The Kier molecular flexibility index (Phi) is 9.43. The summed E-state index contributed by atoms with van der Waals surface area (Å²) >= 11 is 0. The van der Waals surface area contributed by atoms with Crippen LogP contribution in [-0.2, 0) is 34.8 Å². The van der Waals surface area contributed by atoms with Crippen molar-refractivity contribution in [3.63, 3.8) is 0 Å². The van der Waals surface area contributed by atoms with Crippen molar-refractivity contribution in [1.82, 2.24) is 5.32 Å². The lowest BCUT2D eigenvalue weighted by molar-refractivity contribution is -0.157. The minimum absolute atomic E-state index is 0.00535. The molecule has 1 rings (SSSR count). The number of primary amides is 1. The van der Waals surface area contributed by atoms with Crippen LogP contribution in [-0.4, -0.2) is 48.1 Å². The Bertz CT molecular complexity index is 797. The van der Waals surface area contributed by atoms with E-state index < -0.39 is 60.0 Å². The van der Waals surface area contributed by atoms with Crippen LogP contribution in [0, 0.1) is 5.92 Å². The quantitative estimate of drug-likeness (QED) is 0.450. The summed E-state index contributed by atoms with van der Waals surface area (Å²) in [7, 11) is 0. The maximum atomic E-state index is 12.7. The van der Waals surface area contributed by atoms with Crippen molar-refractivity contribution in [3.05, 3.63) is 35.4 Å². The monoisotopic (exact) mass is 448 g/mol. The van der Waals surface area contributed by atoms with Gasteiger partial charge in [0.2, 0.25) is 5.91 Å². The van der Waals surface area contributed by atoms with Gasteiger partial charge in [-0.15, -0.1) is 0 Å². The number of alkyl halides is 3. The topological polar surface area (TPSA) is 145 Å². The van der Waals surface area contributed by atoms with E-state index in [1.807, 2.05) is 0 Å². The number of rotatable bonds is 10. The molecule has 0 aliphatic heterocycles. The van der Waals surface area contributed by atoms with Gasteiger partial charge >= 0.3 is 18.1 Å². The Morgan fingerprint density at radius 3 is 2.06 bits per heavy atom. The first-order valence-electron chi connectivity index (χ1n) is 9.19. The molecule has 1 aromatic rings. The van der Waals surface area contributed by atoms with E-state index in [1.54, 1.807) is 0 Å². The van der Waals surface area contributed by atoms with Gasteiger partial charge in [0.05, 0.1) is 31.1 Å². The number of hydrogen-bond donors (Lipinski definition) is 3. The summed E-state index contributed by atoms with van der Waals surface area (Å²) in [6.07, 6.45) is -7.23. The summed E-state index contributed by atoms with van der Waals surface area (Å²) in [6.45, 7) is 2.90. The third kappa shape index (κ3) is 7.55. The Hall–Kier alpha value is -3.15. The highest BCUT2D eigenvalue weighted by molar-refractivity contribution is 5.94. The summed E-state index contributed by atoms with van der Waals surface area (Å²) in [4.78, 5) is 48.3. The zero-order valence-corrected chi connectivity index (χ0v) is 16.8. The number of ether oxygens (including phenoxy) is 2. The molecule has 0 fully saturated rings. The molecule has 172 valence electrons. The molecule has 0 saturated heterocycles. The molecule has 9 nitrogen and oxygen atoms in total. The molecule has 1 aromatic carbocycles. The van der Waals surface area contributed by atoms with Gasteiger partial charge in [0, 0.05) is 0 Å². The second-order valence-corrected chi connectivity index (χ2v) is 6.28. The maximum Gasteiger partial charge on any atom is 0.416 e. The number of carbonyl (C=O) groups is 4. The van der Waals surface area contributed by atoms with E-state index in [0.29, 0.717) is 12.1 Å². The third-order valence-corrected chi connectivity index (χ3v) is 4.09. The lowest BCUT2D eigenvalue weighted by atomic mass is 9.94. The van der Waals surface area contributed by atoms with Crippen molar-refractivity contribution in [2.24, 2.45) is 11.7 Å². The molecule has 0 heterocycles. The van der Waals surface area contributed by atoms with Gasteiger partial charge in [-0.25, -0.2) is 0 Å². The fraction of sp³-hybridized carbons (Fsp3) is 0.474. The molecule has 3 atom stereocenters. The first-order valence-corrected chi connectivity index (χ1v) is 9.19. The zero-order chi connectivity index (χ0) is 23.8. The molecule has 0 aliphatic carbocycles. The number of halogens is 3. The van der Waals surface area contributed by atoms with Crippen LogP contribution in [0.25, 0.3) is 0 Å². The number of benzene rings is 1. The molecule has 0 aliphatic rings. The van der Waals surface area contributed by atoms with Crippen LogP contribution in [0.5, 0.6) is 0 Å². The summed E-state index contributed by atoms with van der Waals surface area (Å²) in [6, 6.07) is 1.35. The highest BCUT2D eigenvalue weighted by Crippen LogP contribution is 2.30. The molecule has 2 amide bonds. The molecule has 12 heteroatoms. The molecule has 4 N–H and O–H groups in total. The standard InChI is InChI=1S/C19H23F3N2O7/c1-3-30-13(25)9-12(18(29)31-4-2)14(16(23)27)24-17(28)15(26)10-5-7-11(8-6-10)19(20,21)22/h5-8,12,14-15,26H,3-4,9H2,1-2H3,(H2,23,27)(H,24,28)/t12-,14+,15+/m0/s1. The maximum absolute atomic E-state index is 12.7. The Morgan fingerprint density at radius 1 is 1.06 bits per heavy atom. The van der Waals surface area contributed by atoms with Crippen molar-refractivity contribution in [2.45, 2.75) is 38.6 Å². The van der Waals surface area contributed by atoms with E-state index in [4.69, 9.17) is 15.2 Å². The normalized spacial score (nSPS) is 14.1. The average molecular weight is 448 g/mol. The SMILES string of the molecule is CCOC(=O)C[C@H](C(=O)OCC)[C@@H](NC(=O)[C@H](O)c1ccc(C(F)(F)F)cc1)C(N)=O. The number of hydrogen-bond acceptors (Lipinski definition) is 7. The van der Waals surface area contributed by atoms with Crippen LogP contribution in [0.1, 0.15) is 37.5 Å². The first-order chi connectivity index (χ1) is 14.4. The number of esters is 2. The highest BCUT2D eigenvalue weighted by atomic mass is 19.4. The van der Waals surface area contributed by atoms with Gasteiger partial charge in [-0.1, -0.05) is 12.1 Å². The van der Waals surface area contributed by atoms with Crippen LogP contribution in [0.2, 0.25) is 0 Å². The van der Waals surface area contributed by atoms with E-state index in [1.165, 1.54) is 13.8 Å². The smallest absolute Gasteiger partial charge is 0.416 e. The predicted octanol–water partition coefficient (Wildman–Crippen LogP) is 0.841. The minimum Gasteiger partial charge on any atom is -0.466 e. The average Bonchev–Trinajstić information content (AvgIpc) is 2.69. The van der Waals surface area contributed by atoms with Crippen molar-refractivity contribution >= 4 is 23.8 Å². The van der Waals surface area contributed by atoms with Gasteiger partial charge in [0.15, 0.2) is 6.10 Å². The van der Waals surface area contributed by atoms with Crippen molar-refractivity contribution < 1.29 is 46.9 Å². The molecule has 0 unspecified atom stereocenters. The van der Waals surface area contributed by atoms with E-state index in [9.17, 15) is 37.5 Å². The number of carbonyl (C=O) groups excluding carboxylic acids is 4. The van der Waals surface area contributed by atoms with Gasteiger partial charge in [0.25, 0.3) is 5.91 Å². The molecule has 0 saturated carbocycles. The molecular formula is C19H23F3N2O7. The summed E-state index contributed by atoms with van der Waals surface area (Å²) in [5, 5.41) is 12.2. The van der Waals surface area contributed by atoms with Crippen LogP contribution >= 0.6 is 0 Å². The molecular weight excluding hydrogens is 425 g/mol.